The molecule has 1 N–H and O–H groups in total. The van der Waals surface area contributed by atoms with Crippen molar-refractivity contribution in [1.82, 2.24) is 10.2 Å². The lowest BCUT2D eigenvalue weighted by Crippen LogP contribution is -2.41. The molecule has 3 rings (SSSR count). The number of nitrogens with one attached hydrogen (secondary N) is 1. The average Bonchev–Trinajstić information content (AvgIpc) is 2.94. The zero-order valence-electron chi connectivity index (χ0n) is 15.1. The van der Waals surface area contributed by atoms with Crippen LogP contribution in [0.4, 0.5) is 0 Å². The topological polar surface area (TPSA) is 41.6 Å². The van der Waals surface area contributed by atoms with Crippen molar-refractivity contribution in [3.8, 4) is 5.75 Å². The van der Waals surface area contributed by atoms with Gasteiger partial charge in [0.05, 0.1) is 13.2 Å². The van der Waals surface area contributed by atoms with E-state index in [-0.39, 0.29) is 6.04 Å². The number of amides is 1. The van der Waals surface area contributed by atoms with Gasteiger partial charge < -0.3 is 15.0 Å². The summed E-state index contributed by atoms with van der Waals surface area (Å²) < 4.78 is 5.32. The highest BCUT2D eigenvalue weighted by molar-refractivity contribution is 5.77. The van der Waals surface area contributed by atoms with Crippen LogP contribution in [0.15, 0.2) is 24.3 Å². The monoisotopic (exact) mass is 330 g/mol. The number of hydrogen-bond donors (Lipinski definition) is 1. The zero-order chi connectivity index (χ0) is 17.1. The molecule has 2 aliphatic rings. The highest BCUT2D eigenvalue weighted by Gasteiger charge is 2.35. The van der Waals surface area contributed by atoms with Crippen LogP contribution in [0, 0.1) is 5.92 Å². The first-order chi connectivity index (χ1) is 11.6. The Balaban J connectivity index is 1.64. The molecule has 132 valence electrons. The molecule has 2 saturated heterocycles. The molecule has 3 unspecified atom stereocenters. The van der Waals surface area contributed by atoms with Crippen LogP contribution < -0.4 is 10.1 Å². The van der Waals surface area contributed by atoms with E-state index in [1.165, 1.54) is 12.8 Å². The predicted molar refractivity (Wildman–Crippen MR) is 96.1 cm³/mol. The standard InChI is InChI=1S/C20H30N2O2/c1-4-22(14(2)16-6-5-7-19(13-16)24-3)20(23)12-15-10-17-8-9-18(11-15)21-17/h5-7,13-15,17-18,21H,4,8-12H2,1-3H3. The molecule has 3 atom stereocenters. The summed E-state index contributed by atoms with van der Waals surface area (Å²) >= 11 is 0. The molecule has 4 nitrogen and oxygen atoms in total. The molecule has 1 amide bonds. The van der Waals surface area contributed by atoms with E-state index in [2.05, 4.69) is 25.2 Å². The summed E-state index contributed by atoms with van der Waals surface area (Å²) in [6, 6.07) is 9.42. The molecule has 24 heavy (non-hydrogen) atoms. The first-order valence-electron chi connectivity index (χ1n) is 9.30. The maximum Gasteiger partial charge on any atom is 0.223 e. The summed E-state index contributed by atoms with van der Waals surface area (Å²) in [5.41, 5.74) is 1.13. The van der Waals surface area contributed by atoms with Crippen molar-refractivity contribution in [2.45, 2.75) is 64.1 Å². The van der Waals surface area contributed by atoms with E-state index in [1.54, 1.807) is 7.11 Å². The van der Waals surface area contributed by atoms with Gasteiger partial charge in [0.15, 0.2) is 0 Å². The van der Waals surface area contributed by atoms with Gasteiger partial charge in [0.2, 0.25) is 5.91 Å². The minimum atomic E-state index is 0.0797. The molecule has 0 aliphatic carbocycles. The summed E-state index contributed by atoms with van der Waals surface area (Å²) in [7, 11) is 1.68. The third-order valence-electron chi connectivity index (χ3n) is 5.74. The number of piperidine rings is 1. The van der Waals surface area contributed by atoms with Crippen LogP contribution in [0.5, 0.6) is 5.75 Å². The first kappa shape index (κ1) is 17.3. The summed E-state index contributed by atoms with van der Waals surface area (Å²) in [6.45, 7) is 4.93. The first-order valence-corrected chi connectivity index (χ1v) is 9.30. The van der Waals surface area contributed by atoms with Crippen LogP contribution in [-0.2, 0) is 4.79 Å². The van der Waals surface area contributed by atoms with E-state index in [0.717, 1.165) is 30.7 Å². The van der Waals surface area contributed by atoms with E-state index in [4.69, 9.17) is 4.74 Å². The van der Waals surface area contributed by atoms with Crippen molar-refractivity contribution >= 4 is 5.91 Å². The van der Waals surface area contributed by atoms with E-state index >= 15 is 0 Å². The largest absolute Gasteiger partial charge is 0.497 e. The number of carbonyl (C=O) groups excluding carboxylic acids is 1. The van der Waals surface area contributed by atoms with Crippen LogP contribution in [-0.4, -0.2) is 36.5 Å². The Morgan fingerprint density at radius 2 is 2.04 bits per heavy atom. The van der Waals surface area contributed by atoms with Crippen molar-refractivity contribution in [3.63, 3.8) is 0 Å². The molecule has 2 bridgehead atoms. The second-order valence-corrected chi connectivity index (χ2v) is 7.31. The predicted octanol–water partition coefficient (Wildman–Crippen LogP) is 3.53. The Hall–Kier alpha value is -1.55. The molecular formula is C20H30N2O2. The number of benzene rings is 1. The number of carbonyl (C=O) groups is 1. The molecular weight excluding hydrogens is 300 g/mol. The van der Waals surface area contributed by atoms with Gasteiger partial charge >= 0.3 is 0 Å². The molecule has 0 radical (unpaired) electrons. The average molecular weight is 330 g/mol. The van der Waals surface area contributed by atoms with Gasteiger partial charge in [0.25, 0.3) is 0 Å². The molecule has 0 saturated carbocycles. The van der Waals surface area contributed by atoms with E-state index < -0.39 is 0 Å². The van der Waals surface area contributed by atoms with Crippen LogP contribution in [0.25, 0.3) is 0 Å². The maximum absolute atomic E-state index is 12.9. The van der Waals surface area contributed by atoms with Crippen LogP contribution >= 0.6 is 0 Å². The SMILES string of the molecule is CCN(C(=O)CC1CC2CCC(C1)N2)C(C)c1cccc(OC)c1. The summed E-state index contributed by atoms with van der Waals surface area (Å²) in [4.78, 5) is 14.9. The van der Waals surface area contributed by atoms with E-state index in [0.29, 0.717) is 30.3 Å². The smallest absolute Gasteiger partial charge is 0.223 e. The molecule has 2 fully saturated rings. The van der Waals surface area contributed by atoms with Crippen molar-refractivity contribution in [2.24, 2.45) is 5.92 Å². The molecule has 0 spiro atoms. The number of methoxy groups -OCH3 is 1. The number of fused-ring (bicyclic) bond motifs is 2. The van der Waals surface area contributed by atoms with Crippen molar-refractivity contribution in [1.29, 1.82) is 0 Å². The number of rotatable bonds is 6. The minimum Gasteiger partial charge on any atom is -0.497 e. The van der Waals surface area contributed by atoms with Gasteiger partial charge in [-0.05, 0) is 63.1 Å². The van der Waals surface area contributed by atoms with Crippen molar-refractivity contribution < 1.29 is 9.53 Å². The van der Waals surface area contributed by atoms with Crippen LogP contribution in [0.3, 0.4) is 0 Å². The fourth-order valence-corrected chi connectivity index (χ4v) is 4.45. The Kier molecular flexibility index (Phi) is 5.44. The highest BCUT2D eigenvalue weighted by Crippen LogP contribution is 2.34. The number of nitrogens with zero attached hydrogens (tertiary/aromatic N) is 1. The van der Waals surface area contributed by atoms with Gasteiger partial charge in [-0.3, -0.25) is 4.79 Å². The summed E-state index contributed by atoms with van der Waals surface area (Å²) in [5, 5.41) is 3.66. The van der Waals surface area contributed by atoms with Gasteiger partial charge in [-0.15, -0.1) is 0 Å². The minimum absolute atomic E-state index is 0.0797. The normalized spacial score (nSPS) is 26.9. The number of ether oxygens (including phenoxy) is 1. The summed E-state index contributed by atoms with van der Waals surface area (Å²) in [6.07, 6.45) is 5.58. The van der Waals surface area contributed by atoms with Crippen LogP contribution in [0.2, 0.25) is 0 Å². The van der Waals surface area contributed by atoms with Gasteiger partial charge in [0.1, 0.15) is 5.75 Å². The van der Waals surface area contributed by atoms with Gasteiger partial charge in [-0.1, -0.05) is 12.1 Å². The van der Waals surface area contributed by atoms with Crippen LogP contribution in [0.1, 0.15) is 57.6 Å². The Bertz CT molecular complexity index is 563. The lowest BCUT2D eigenvalue weighted by molar-refractivity contribution is -0.134. The fourth-order valence-electron chi connectivity index (χ4n) is 4.45. The third-order valence-corrected chi connectivity index (χ3v) is 5.74. The van der Waals surface area contributed by atoms with Gasteiger partial charge in [-0.2, -0.15) is 0 Å². The second-order valence-electron chi connectivity index (χ2n) is 7.31. The van der Waals surface area contributed by atoms with E-state index in [9.17, 15) is 4.79 Å². The quantitative estimate of drug-likeness (QED) is 0.867. The Morgan fingerprint density at radius 1 is 1.33 bits per heavy atom. The lowest BCUT2D eigenvalue weighted by Gasteiger charge is -2.33. The molecule has 4 heteroatoms. The highest BCUT2D eigenvalue weighted by atomic mass is 16.5. The fraction of sp³-hybridized carbons (Fsp3) is 0.650. The molecule has 2 aliphatic heterocycles. The lowest BCUT2D eigenvalue weighted by atomic mass is 9.89. The van der Waals surface area contributed by atoms with Gasteiger partial charge in [0, 0.05) is 25.0 Å². The van der Waals surface area contributed by atoms with E-state index in [1.807, 2.05) is 23.1 Å². The van der Waals surface area contributed by atoms with Crippen molar-refractivity contribution in [3.05, 3.63) is 29.8 Å². The third kappa shape index (κ3) is 3.75. The number of hydrogen-bond acceptors (Lipinski definition) is 3. The molecule has 0 aromatic heterocycles. The molecule has 1 aromatic rings. The Labute approximate surface area is 145 Å². The maximum atomic E-state index is 12.9. The summed E-state index contributed by atoms with van der Waals surface area (Å²) in [5.74, 6) is 1.68. The molecule has 1 aromatic carbocycles. The van der Waals surface area contributed by atoms with Crippen molar-refractivity contribution in [2.75, 3.05) is 13.7 Å². The zero-order valence-corrected chi connectivity index (χ0v) is 15.1. The van der Waals surface area contributed by atoms with Gasteiger partial charge in [-0.25, -0.2) is 0 Å². The molecule has 2 heterocycles. The second kappa shape index (κ2) is 7.56. The Morgan fingerprint density at radius 3 is 2.67 bits per heavy atom.